The third-order valence-electron chi connectivity index (χ3n) is 11.0. The van der Waals surface area contributed by atoms with Crippen molar-refractivity contribution in [2.45, 2.75) is 48.8 Å². The minimum absolute atomic E-state index is 0.0390. The highest BCUT2D eigenvalue weighted by molar-refractivity contribution is 7.90. The minimum Gasteiger partial charge on any atom is -0.493 e. The highest BCUT2D eigenvalue weighted by Crippen LogP contribution is 2.52. The summed E-state index contributed by atoms with van der Waals surface area (Å²) in [6, 6.07) is 17.7. The van der Waals surface area contributed by atoms with Crippen molar-refractivity contribution in [3.8, 4) is 5.75 Å². The van der Waals surface area contributed by atoms with Gasteiger partial charge in [-0.3, -0.25) is 20.3 Å². The predicted molar refractivity (Wildman–Crippen MR) is 215 cm³/mol. The van der Waals surface area contributed by atoms with Crippen molar-refractivity contribution in [1.82, 2.24) is 24.7 Å². The molecule has 55 heavy (non-hydrogen) atoms. The van der Waals surface area contributed by atoms with Crippen molar-refractivity contribution in [2.24, 2.45) is 0 Å². The van der Waals surface area contributed by atoms with Gasteiger partial charge in [-0.05, 0) is 75.2 Å². The van der Waals surface area contributed by atoms with Crippen LogP contribution in [0.5, 0.6) is 5.75 Å². The van der Waals surface area contributed by atoms with E-state index in [2.05, 4.69) is 15.5 Å². The van der Waals surface area contributed by atoms with Gasteiger partial charge in [0.15, 0.2) is 5.66 Å². The number of carbonyl (C=O) groups is 1. The Morgan fingerprint density at radius 1 is 0.818 bits per heavy atom. The number of halogens is 3. The quantitative estimate of drug-likeness (QED) is 0.261. The predicted octanol–water partition coefficient (Wildman–Crippen LogP) is 4.82. The lowest BCUT2D eigenvalue weighted by Crippen LogP contribution is -2.63. The molecule has 300 valence electrons. The van der Waals surface area contributed by atoms with Gasteiger partial charge < -0.3 is 14.4 Å². The van der Waals surface area contributed by atoms with E-state index in [9.17, 15) is 16.8 Å². The van der Waals surface area contributed by atoms with Crippen LogP contribution in [0.1, 0.15) is 43.9 Å². The molecule has 0 aliphatic carbocycles. The van der Waals surface area contributed by atoms with Gasteiger partial charge >= 0.3 is 0 Å². The van der Waals surface area contributed by atoms with Crippen LogP contribution in [0.15, 0.2) is 65.6 Å². The molecule has 3 saturated heterocycles. The van der Waals surface area contributed by atoms with E-state index >= 15 is 4.79 Å². The molecule has 3 aromatic carbocycles. The maximum atomic E-state index is 15.6. The number of morpholine rings is 1. The Kier molecular flexibility index (Phi) is 12.6. The Hall–Kier alpha value is -2.50. The molecule has 3 atom stereocenters. The standard InChI is InChI=1S/C38H48Cl3N5O7S2/c1-5-53-33-26-32(41)34(55(50,51)46-20-22-52-23-21-46)25-31(33)38(35(47)45-18-16-44(17-19-45)15-6-24-54(4,48)49)42-36(2,27-7-11-29(39)12-8-27)37(3,43-38)28-9-13-30(40)14-10-28/h7-14,25-26,42-43H,5-6,15-24H2,1-4H3/t36-,37+,38?. The van der Waals surface area contributed by atoms with Crippen LogP contribution in [0, 0.1) is 0 Å². The van der Waals surface area contributed by atoms with Gasteiger partial charge in [0, 0.05) is 67.2 Å². The Morgan fingerprint density at radius 3 is 1.84 bits per heavy atom. The number of ether oxygens (including phenoxy) is 2. The van der Waals surface area contributed by atoms with E-state index in [1.807, 2.05) is 38.1 Å². The lowest BCUT2D eigenvalue weighted by Gasteiger charge is -2.41. The number of rotatable bonds is 12. The third kappa shape index (κ3) is 8.41. The molecule has 6 rings (SSSR count). The first-order valence-electron chi connectivity index (χ1n) is 18.3. The molecule has 0 bridgehead atoms. The summed E-state index contributed by atoms with van der Waals surface area (Å²) >= 11 is 19.6. The largest absolute Gasteiger partial charge is 0.493 e. The zero-order valence-electron chi connectivity index (χ0n) is 31.4. The highest BCUT2D eigenvalue weighted by atomic mass is 35.5. The molecule has 3 aliphatic heterocycles. The van der Waals surface area contributed by atoms with E-state index in [1.54, 1.807) is 36.1 Å². The maximum Gasteiger partial charge on any atom is 0.262 e. The first kappa shape index (κ1) is 42.1. The van der Waals surface area contributed by atoms with Crippen molar-refractivity contribution < 1.29 is 31.1 Å². The lowest BCUT2D eigenvalue weighted by molar-refractivity contribution is -0.142. The number of amides is 1. The summed E-state index contributed by atoms with van der Waals surface area (Å²) in [6.07, 6.45) is 1.72. The van der Waals surface area contributed by atoms with Crippen LogP contribution >= 0.6 is 34.8 Å². The first-order valence-corrected chi connectivity index (χ1v) is 22.9. The van der Waals surface area contributed by atoms with E-state index in [4.69, 9.17) is 44.3 Å². The molecule has 0 saturated carbocycles. The molecule has 1 unspecified atom stereocenters. The van der Waals surface area contributed by atoms with E-state index in [0.29, 0.717) is 49.2 Å². The zero-order valence-corrected chi connectivity index (χ0v) is 35.3. The highest BCUT2D eigenvalue weighted by Gasteiger charge is 2.65. The van der Waals surface area contributed by atoms with Gasteiger partial charge in [0.2, 0.25) is 10.0 Å². The Labute approximate surface area is 339 Å². The summed E-state index contributed by atoms with van der Waals surface area (Å²) in [5, 5.41) is 8.56. The molecular formula is C38H48Cl3N5O7S2. The molecule has 3 aliphatic rings. The van der Waals surface area contributed by atoms with Gasteiger partial charge in [-0.15, -0.1) is 0 Å². The van der Waals surface area contributed by atoms with Crippen molar-refractivity contribution in [3.63, 3.8) is 0 Å². The summed E-state index contributed by atoms with van der Waals surface area (Å²) in [5.74, 6) is -0.0264. The molecule has 0 aromatic heterocycles. The summed E-state index contributed by atoms with van der Waals surface area (Å²) in [5.41, 5.74) is -2.03. The first-order chi connectivity index (χ1) is 25.9. The summed E-state index contributed by atoms with van der Waals surface area (Å²) in [4.78, 5) is 19.4. The third-order valence-corrected chi connectivity index (χ3v) is 14.9. The molecule has 1 amide bonds. The van der Waals surface area contributed by atoms with Gasteiger partial charge in [-0.1, -0.05) is 59.1 Å². The lowest BCUT2D eigenvalue weighted by atomic mass is 9.72. The summed E-state index contributed by atoms with van der Waals surface area (Å²) in [6.45, 7) is 9.08. The fourth-order valence-electron chi connectivity index (χ4n) is 7.87. The molecule has 3 aromatic rings. The summed E-state index contributed by atoms with van der Waals surface area (Å²) in [7, 11) is -7.25. The van der Waals surface area contributed by atoms with Crippen LogP contribution in [0.25, 0.3) is 0 Å². The zero-order chi connectivity index (χ0) is 39.8. The van der Waals surface area contributed by atoms with E-state index < -0.39 is 36.6 Å². The molecule has 0 radical (unpaired) electrons. The van der Waals surface area contributed by atoms with Gasteiger partial charge in [-0.2, -0.15) is 4.31 Å². The second-order valence-electron chi connectivity index (χ2n) is 14.6. The fraction of sp³-hybridized carbons (Fsp3) is 0.500. The number of hydrogen-bond donors (Lipinski definition) is 2. The van der Waals surface area contributed by atoms with Crippen LogP contribution in [-0.2, 0) is 46.1 Å². The van der Waals surface area contributed by atoms with Crippen molar-refractivity contribution in [2.75, 3.05) is 77.6 Å². The molecule has 3 heterocycles. The second kappa shape index (κ2) is 16.4. The summed E-state index contributed by atoms with van der Waals surface area (Å²) < 4.78 is 65.2. The minimum atomic E-state index is -4.15. The van der Waals surface area contributed by atoms with E-state index in [-0.39, 0.29) is 65.8 Å². The number of hydrogen-bond acceptors (Lipinski definition) is 10. The molecule has 3 fully saturated rings. The number of benzene rings is 3. The van der Waals surface area contributed by atoms with Gasteiger partial charge in [0.1, 0.15) is 20.5 Å². The number of nitrogens with one attached hydrogen (secondary N) is 2. The molecule has 12 nitrogen and oxygen atoms in total. The smallest absolute Gasteiger partial charge is 0.262 e. The van der Waals surface area contributed by atoms with Crippen LogP contribution < -0.4 is 15.4 Å². The molecule has 2 N–H and O–H groups in total. The Morgan fingerprint density at radius 2 is 1.35 bits per heavy atom. The Bertz CT molecular complexity index is 2040. The number of carbonyl (C=O) groups excluding carboxylic acids is 1. The van der Waals surface area contributed by atoms with Crippen molar-refractivity contribution >= 4 is 60.6 Å². The van der Waals surface area contributed by atoms with Crippen LogP contribution in [0.2, 0.25) is 15.1 Å². The average Bonchev–Trinajstić information content (AvgIpc) is 3.40. The number of piperazine rings is 1. The van der Waals surface area contributed by atoms with Gasteiger partial charge in [0.05, 0.1) is 41.7 Å². The number of sulfone groups is 1. The van der Waals surface area contributed by atoms with Crippen LogP contribution in [0.4, 0.5) is 0 Å². The van der Waals surface area contributed by atoms with Crippen LogP contribution in [-0.4, -0.2) is 114 Å². The SMILES string of the molecule is CCOc1cc(Cl)c(S(=O)(=O)N2CCOCC2)cc1C1(C(=O)N2CCN(CCCS(C)(=O)=O)CC2)N[C@@](C)(c2ccc(Cl)cc2)[C@@](C)(c2ccc(Cl)cc2)N1. The van der Waals surface area contributed by atoms with Crippen LogP contribution in [0.3, 0.4) is 0 Å². The average molecular weight is 857 g/mol. The normalized spacial score (nSPS) is 25.6. The number of sulfonamides is 1. The van der Waals surface area contributed by atoms with E-state index in [0.717, 1.165) is 11.1 Å². The topological polar surface area (TPSA) is 138 Å². The second-order valence-corrected chi connectivity index (χ2v) is 20.1. The van der Waals surface area contributed by atoms with E-state index in [1.165, 1.54) is 22.7 Å². The Balaban J connectivity index is 1.53. The molecule has 17 heteroatoms. The molecular weight excluding hydrogens is 809 g/mol. The fourth-order valence-corrected chi connectivity index (χ4v) is 10.7. The maximum absolute atomic E-state index is 15.6. The van der Waals surface area contributed by atoms with Gasteiger partial charge in [0.25, 0.3) is 5.91 Å². The van der Waals surface area contributed by atoms with Crippen molar-refractivity contribution in [3.05, 3.63) is 92.4 Å². The van der Waals surface area contributed by atoms with Gasteiger partial charge in [-0.25, -0.2) is 16.8 Å². The molecule has 0 spiro atoms. The van der Waals surface area contributed by atoms with Crippen molar-refractivity contribution in [1.29, 1.82) is 0 Å². The number of nitrogens with zero attached hydrogens (tertiary/aromatic N) is 3. The monoisotopic (exact) mass is 855 g/mol.